The lowest BCUT2D eigenvalue weighted by Gasteiger charge is -2.26. The van der Waals surface area contributed by atoms with Crippen LogP contribution in [0.1, 0.15) is 70.3 Å². The van der Waals surface area contributed by atoms with Crippen molar-refractivity contribution in [3.63, 3.8) is 0 Å². The van der Waals surface area contributed by atoms with Gasteiger partial charge in [-0.1, -0.05) is 0 Å². The van der Waals surface area contributed by atoms with Crippen molar-refractivity contribution in [3.05, 3.63) is 29.3 Å². The van der Waals surface area contributed by atoms with Crippen LogP contribution in [0.25, 0.3) is 0 Å². The van der Waals surface area contributed by atoms with E-state index in [1.54, 1.807) is 41.5 Å². The molecular formula is C23H33FN2O7. The van der Waals surface area contributed by atoms with Crippen LogP contribution in [0.15, 0.2) is 18.2 Å². The molecule has 1 atom stereocenters. The van der Waals surface area contributed by atoms with E-state index < -0.39 is 47.9 Å². The summed E-state index contributed by atoms with van der Waals surface area (Å²) < 4.78 is 28.5. The number of hydrogen-bond acceptors (Lipinski definition) is 7. The topological polar surface area (TPSA) is 120 Å². The second kappa shape index (κ2) is 11.6. The summed E-state index contributed by atoms with van der Waals surface area (Å²) in [6, 6.07) is 2.94. The summed E-state index contributed by atoms with van der Waals surface area (Å²) >= 11 is 0. The van der Waals surface area contributed by atoms with Gasteiger partial charge in [0.2, 0.25) is 5.91 Å². The number of alkyl halides is 1. The molecule has 9 nitrogen and oxygen atoms in total. The van der Waals surface area contributed by atoms with E-state index in [1.807, 2.05) is 0 Å². The van der Waals surface area contributed by atoms with E-state index in [2.05, 4.69) is 15.4 Å². The van der Waals surface area contributed by atoms with Gasteiger partial charge in [0.25, 0.3) is 0 Å². The standard InChI is InChI=1S/C23H33FN2O7/c1-22(2,3)32-20(29)17(26-21(30)33-23(4,5)6)10-11-18(27)25-16-9-8-14(19(28)31-7)12-15(16)13-24/h8-9,12,17H,10-11,13H2,1-7H3,(H,25,27)(H,26,30)/t17-/m0/s1. The van der Waals surface area contributed by atoms with Gasteiger partial charge in [-0.25, -0.2) is 18.8 Å². The molecule has 0 bridgehead atoms. The molecule has 1 aromatic rings. The van der Waals surface area contributed by atoms with Crippen molar-refractivity contribution < 1.29 is 37.8 Å². The van der Waals surface area contributed by atoms with Crippen molar-refractivity contribution in [1.29, 1.82) is 0 Å². The Balaban J connectivity index is 2.88. The highest BCUT2D eigenvalue weighted by atomic mass is 19.1. The van der Waals surface area contributed by atoms with Crippen molar-refractivity contribution in [3.8, 4) is 0 Å². The molecule has 0 aliphatic rings. The van der Waals surface area contributed by atoms with E-state index in [-0.39, 0.29) is 29.7 Å². The first-order valence-electron chi connectivity index (χ1n) is 10.4. The molecule has 184 valence electrons. The van der Waals surface area contributed by atoms with Gasteiger partial charge in [0, 0.05) is 17.7 Å². The van der Waals surface area contributed by atoms with Gasteiger partial charge in [-0.15, -0.1) is 0 Å². The van der Waals surface area contributed by atoms with E-state index in [1.165, 1.54) is 25.3 Å². The van der Waals surface area contributed by atoms with Crippen molar-refractivity contribution in [2.45, 2.75) is 78.3 Å². The molecule has 0 aliphatic carbocycles. The molecular weight excluding hydrogens is 435 g/mol. The number of amides is 2. The molecule has 33 heavy (non-hydrogen) atoms. The Kier molecular flexibility index (Phi) is 9.81. The van der Waals surface area contributed by atoms with Crippen LogP contribution < -0.4 is 10.6 Å². The highest BCUT2D eigenvalue weighted by Crippen LogP contribution is 2.20. The third kappa shape index (κ3) is 10.3. The minimum Gasteiger partial charge on any atom is -0.465 e. The summed E-state index contributed by atoms with van der Waals surface area (Å²) in [6.07, 6.45) is -1.08. The largest absolute Gasteiger partial charge is 0.465 e. The van der Waals surface area contributed by atoms with Gasteiger partial charge in [-0.05, 0) is 66.2 Å². The second-order valence-electron chi connectivity index (χ2n) is 9.32. The monoisotopic (exact) mass is 468 g/mol. The van der Waals surface area contributed by atoms with E-state index in [9.17, 15) is 23.6 Å². The molecule has 0 saturated carbocycles. The van der Waals surface area contributed by atoms with E-state index in [4.69, 9.17) is 9.47 Å². The zero-order valence-corrected chi connectivity index (χ0v) is 20.2. The van der Waals surface area contributed by atoms with Crippen LogP contribution in [0.4, 0.5) is 14.9 Å². The van der Waals surface area contributed by atoms with Gasteiger partial charge in [0.05, 0.1) is 12.7 Å². The zero-order valence-electron chi connectivity index (χ0n) is 20.2. The van der Waals surface area contributed by atoms with Crippen LogP contribution in [-0.2, 0) is 30.5 Å². The summed E-state index contributed by atoms with van der Waals surface area (Å²) in [4.78, 5) is 48.8. The maximum Gasteiger partial charge on any atom is 0.408 e. The summed E-state index contributed by atoms with van der Waals surface area (Å²) in [5.74, 6) is -1.86. The van der Waals surface area contributed by atoms with Crippen LogP contribution in [0.3, 0.4) is 0 Å². The van der Waals surface area contributed by atoms with Crippen molar-refractivity contribution in [1.82, 2.24) is 5.32 Å². The van der Waals surface area contributed by atoms with Gasteiger partial charge < -0.3 is 24.8 Å². The van der Waals surface area contributed by atoms with Gasteiger partial charge in [0.15, 0.2) is 0 Å². The highest BCUT2D eigenvalue weighted by Gasteiger charge is 2.29. The van der Waals surface area contributed by atoms with Gasteiger partial charge in [-0.2, -0.15) is 0 Å². The summed E-state index contributed by atoms with van der Waals surface area (Å²) in [6.45, 7) is 9.15. The molecule has 0 heterocycles. The molecule has 0 saturated heterocycles. The number of rotatable bonds is 8. The minimum absolute atomic E-state index is 0.0782. The lowest BCUT2D eigenvalue weighted by atomic mass is 10.1. The van der Waals surface area contributed by atoms with Crippen LogP contribution >= 0.6 is 0 Å². The lowest BCUT2D eigenvalue weighted by Crippen LogP contribution is -2.46. The summed E-state index contributed by atoms with van der Waals surface area (Å²) in [7, 11) is 1.21. The number of anilines is 1. The Bertz CT molecular complexity index is 873. The van der Waals surface area contributed by atoms with Crippen molar-refractivity contribution >= 4 is 29.6 Å². The lowest BCUT2D eigenvalue weighted by molar-refractivity contribution is -0.157. The molecule has 0 unspecified atom stereocenters. The molecule has 0 spiro atoms. The average molecular weight is 469 g/mol. The van der Waals surface area contributed by atoms with Crippen LogP contribution in [0.2, 0.25) is 0 Å². The fourth-order valence-electron chi connectivity index (χ4n) is 2.63. The minimum atomic E-state index is -1.13. The quantitative estimate of drug-likeness (QED) is 0.439. The number of carbonyl (C=O) groups is 4. The molecule has 2 amide bonds. The summed E-state index contributed by atoms with van der Waals surface area (Å²) in [5, 5.41) is 4.99. The molecule has 10 heteroatoms. The number of ether oxygens (including phenoxy) is 3. The predicted octanol–water partition coefficient (Wildman–Crippen LogP) is 3.90. The van der Waals surface area contributed by atoms with Crippen LogP contribution in [0, 0.1) is 0 Å². The maximum atomic E-state index is 13.4. The normalized spacial score (nSPS) is 12.4. The Morgan fingerprint density at radius 2 is 1.61 bits per heavy atom. The number of alkyl carbamates (subject to hydrolysis) is 1. The Labute approximate surface area is 193 Å². The van der Waals surface area contributed by atoms with E-state index in [0.717, 1.165) is 0 Å². The number of hydrogen-bond donors (Lipinski definition) is 2. The average Bonchev–Trinajstić information content (AvgIpc) is 2.67. The molecule has 1 aromatic carbocycles. The van der Waals surface area contributed by atoms with Crippen LogP contribution in [0.5, 0.6) is 0 Å². The smallest absolute Gasteiger partial charge is 0.408 e. The third-order valence-electron chi connectivity index (χ3n) is 3.99. The number of halogens is 1. The highest BCUT2D eigenvalue weighted by molar-refractivity contribution is 5.94. The van der Waals surface area contributed by atoms with Gasteiger partial charge >= 0.3 is 18.0 Å². The number of benzene rings is 1. The van der Waals surface area contributed by atoms with Crippen molar-refractivity contribution in [2.24, 2.45) is 0 Å². The first-order valence-corrected chi connectivity index (χ1v) is 10.4. The summed E-state index contributed by atoms with van der Waals surface area (Å²) in [5.41, 5.74) is -1.15. The number of nitrogens with one attached hydrogen (secondary N) is 2. The molecule has 0 aromatic heterocycles. The second-order valence-corrected chi connectivity index (χ2v) is 9.32. The van der Waals surface area contributed by atoms with E-state index >= 15 is 0 Å². The number of methoxy groups -OCH3 is 1. The molecule has 2 N–H and O–H groups in total. The molecule has 0 fully saturated rings. The Morgan fingerprint density at radius 3 is 2.12 bits per heavy atom. The first kappa shape index (κ1) is 27.9. The van der Waals surface area contributed by atoms with Gasteiger partial charge in [0.1, 0.15) is 23.9 Å². The third-order valence-corrected chi connectivity index (χ3v) is 3.99. The SMILES string of the molecule is COC(=O)c1ccc(NC(=O)CC[C@H](NC(=O)OC(C)(C)C)C(=O)OC(C)(C)C)c(CF)c1. The predicted molar refractivity (Wildman–Crippen MR) is 119 cm³/mol. The Morgan fingerprint density at radius 1 is 1.00 bits per heavy atom. The molecule has 1 rings (SSSR count). The first-order chi connectivity index (χ1) is 15.1. The number of carbonyl (C=O) groups excluding carboxylic acids is 4. The van der Waals surface area contributed by atoms with Gasteiger partial charge in [-0.3, -0.25) is 4.79 Å². The van der Waals surface area contributed by atoms with Crippen molar-refractivity contribution in [2.75, 3.05) is 12.4 Å². The van der Waals surface area contributed by atoms with Crippen LogP contribution in [-0.4, -0.2) is 48.3 Å². The van der Waals surface area contributed by atoms with E-state index in [0.29, 0.717) is 0 Å². The molecule has 0 radical (unpaired) electrons. The zero-order chi connectivity index (χ0) is 25.4. The Hall–Kier alpha value is -3.17. The fraction of sp³-hybridized carbons (Fsp3) is 0.565. The molecule has 0 aliphatic heterocycles. The number of esters is 2. The fourth-order valence-corrected chi connectivity index (χ4v) is 2.63. The maximum absolute atomic E-state index is 13.4.